The second-order valence-electron chi connectivity index (χ2n) is 5.66. The Kier molecular flexibility index (Phi) is 7.82. The van der Waals surface area contributed by atoms with Crippen molar-refractivity contribution >= 4 is 29.6 Å². The summed E-state index contributed by atoms with van der Waals surface area (Å²) in [5.41, 5.74) is 6.51. The predicted molar refractivity (Wildman–Crippen MR) is 96.0 cm³/mol. The molecule has 0 aliphatic carbocycles. The molecule has 2 rings (SSSR count). The fourth-order valence-corrected chi connectivity index (χ4v) is 2.42. The number of nitrogens with zero attached hydrogens (tertiary/aromatic N) is 3. The van der Waals surface area contributed by atoms with Gasteiger partial charge in [-0.2, -0.15) is 15.0 Å². The number of nitrogen functional groups attached to an aromatic ring is 1. The van der Waals surface area contributed by atoms with Gasteiger partial charge in [-0.05, 0) is 30.7 Å². The molecular weight excluding hydrogens is 344 g/mol. The van der Waals surface area contributed by atoms with Gasteiger partial charge in [-0.3, -0.25) is 0 Å². The van der Waals surface area contributed by atoms with Gasteiger partial charge in [-0.1, -0.05) is 25.0 Å². The summed E-state index contributed by atoms with van der Waals surface area (Å²) in [6.07, 6.45) is 0.658. The molecule has 0 saturated heterocycles. The average molecular weight is 366 g/mol. The van der Waals surface area contributed by atoms with Crippen LogP contribution in [0, 0.1) is 5.92 Å². The van der Waals surface area contributed by atoms with E-state index in [0.717, 1.165) is 35.7 Å². The van der Waals surface area contributed by atoms with Gasteiger partial charge >= 0.3 is 0 Å². The fourth-order valence-electron chi connectivity index (χ4n) is 2.01. The van der Waals surface area contributed by atoms with Crippen molar-refractivity contribution in [2.45, 2.75) is 25.2 Å². The summed E-state index contributed by atoms with van der Waals surface area (Å²) in [5, 5.41) is 18.2. The molecular formula is C15H22N6O3S. The SMILES string of the molecule is CC(C)CNCCc1nc(N)nc(Nc2cccc(SOOO)c2)n1. The summed E-state index contributed by atoms with van der Waals surface area (Å²) in [6.45, 7) is 6.02. The molecule has 25 heavy (non-hydrogen) atoms. The molecule has 0 spiro atoms. The summed E-state index contributed by atoms with van der Waals surface area (Å²) >= 11 is 0.869. The van der Waals surface area contributed by atoms with Crippen molar-refractivity contribution in [1.82, 2.24) is 20.3 Å². The number of aromatic nitrogens is 3. The number of benzene rings is 1. The van der Waals surface area contributed by atoms with Crippen molar-refractivity contribution in [2.24, 2.45) is 5.92 Å². The maximum Gasteiger partial charge on any atom is 0.232 e. The fraction of sp³-hybridized carbons (Fsp3) is 0.400. The Balaban J connectivity index is 1.99. The van der Waals surface area contributed by atoms with Crippen molar-refractivity contribution in [3.63, 3.8) is 0 Å². The molecule has 9 nitrogen and oxygen atoms in total. The van der Waals surface area contributed by atoms with Crippen molar-refractivity contribution in [3.05, 3.63) is 30.1 Å². The summed E-state index contributed by atoms with van der Waals surface area (Å²) in [7, 11) is 0. The van der Waals surface area contributed by atoms with Gasteiger partial charge in [0.1, 0.15) is 5.82 Å². The average Bonchev–Trinajstić information content (AvgIpc) is 2.56. The molecule has 2 aromatic rings. The van der Waals surface area contributed by atoms with Crippen LogP contribution in [0.1, 0.15) is 19.7 Å². The Morgan fingerprint density at radius 1 is 1.28 bits per heavy atom. The molecule has 1 heterocycles. The maximum absolute atomic E-state index is 8.21. The third-order valence-electron chi connectivity index (χ3n) is 3.03. The van der Waals surface area contributed by atoms with Crippen LogP contribution >= 0.6 is 12.0 Å². The highest BCUT2D eigenvalue weighted by Gasteiger charge is 2.06. The zero-order valence-corrected chi connectivity index (χ0v) is 14.9. The van der Waals surface area contributed by atoms with E-state index in [9.17, 15) is 0 Å². The van der Waals surface area contributed by atoms with Crippen LogP contribution in [0.15, 0.2) is 29.2 Å². The number of rotatable bonds is 10. The van der Waals surface area contributed by atoms with E-state index in [0.29, 0.717) is 24.1 Å². The van der Waals surface area contributed by atoms with Crippen LogP contribution in [0.25, 0.3) is 0 Å². The molecule has 1 aromatic carbocycles. The summed E-state index contributed by atoms with van der Waals surface area (Å²) < 4.78 is 4.41. The zero-order chi connectivity index (χ0) is 18.1. The number of anilines is 3. The van der Waals surface area contributed by atoms with Crippen LogP contribution in [0.2, 0.25) is 0 Å². The largest absolute Gasteiger partial charge is 0.368 e. The smallest absolute Gasteiger partial charge is 0.232 e. The van der Waals surface area contributed by atoms with Crippen LogP contribution in [0.3, 0.4) is 0 Å². The number of hydrogen-bond acceptors (Lipinski definition) is 10. The molecule has 10 heteroatoms. The first kappa shape index (κ1) is 19.3. The Bertz CT molecular complexity index is 673. The second-order valence-corrected chi connectivity index (χ2v) is 6.43. The lowest BCUT2D eigenvalue weighted by atomic mass is 10.2. The standard InChI is InChI=1S/C15H22N6O3S/c1-10(2)9-17-7-6-13-19-14(16)21-15(20-13)18-11-4-3-5-12(8-11)25-24-23-22/h3-5,8,10,17,22H,6-7,9H2,1-2H3,(H3,16,18,19,20,21). The van der Waals surface area contributed by atoms with Crippen molar-refractivity contribution in [3.8, 4) is 0 Å². The van der Waals surface area contributed by atoms with Gasteiger partial charge in [0.2, 0.25) is 11.9 Å². The second kappa shape index (κ2) is 10.1. The van der Waals surface area contributed by atoms with Crippen LogP contribution in [-0.4, -0.2) is 33.3 Å². The highest BCUT2D eigenvalue weighted by Crippen LogP contribution is 2.23. The van der Waals surface area contributed by atoms with E-state index in [-0.39, 0.29) is 5.95 Å². The number of hydrogen-bond donors (Lipinski definition) is 4. The Morgan fingerprint density at radius 3 is 2.88 bits per heavy atom. The minimum absolute atomic E-state index is 0.166. The minimum atomic E-state index is 0.166. The molecule has 0 amide bonds. The lowest BCUT2D eigenvalue weighted by Crippen LogP contribution is -2.23. The molecule has 0 fully saturated rings. The van der Waals surface area contributed by atoms with Crippen LogP contribution in [0.5, 0.6) is 0 Å². The summed E-state index contributed by atoms with van der Waals surface area (Å²) in [6, 6.07) is 7.23. The summed E-state index contributed by atoms with van der Waals surface area (Å²) in [4.78, 5) is 13.4. The van der Waals surface area contributed by atoms with Crippen LogP contribution < -0.4 is 16.4 Å². The van der Waals surface area contributed by atoms with E-state index in [1.807, 2.05) is 12.1 Å². The van der Waals surface area contributed by atoms with E-state index >= 15 is 0 Å². The highest BCUT2D eigenvalue weighted by molar-refractivity contribution is 7.94. The van der Waals surface area contributed by atoms with Gasteiger partial charge in [-0.15, -0.1) is 4.33 Å². The molecule has 0 atom stereocenters. The molecule has 5 N–H and O–H groups in total. The lowest BCUT2D eigenvalue weighted by Gasteiger charge is -2.09. The van der Waals surface area contributed by atoms with E-state index < -0.39 is 0 Å². The van der Waals surface area contributed by atoms with E-state index in [1.165, 1.54) is 0 Å². The Hall–Kier alpha value is -1.98. The van der Waals surface area contributed by atoms with E-state index in [2.05, 4.69) is 48.8 Å². The van der Waals surface area contributed by atoms with Crippen LogP contribution in [0.4, 0.5) is 17.6 Å². The van der Waals surface area contributed by atoms with Gasteiger partial charge in [-0.25, -0.2) is 5.26 Å². The first-order chi connectivity index (χ1) is 12.1. The quantitative estimate of drug-likeness (QED) is 0.215. The van der Waals surface area contributed by atoms with Crippen molar-refractivity contribution in [1.29, 1.82) is 0 Å². The molecule has 136 valence electrons. The Labute approximate surface area is 150 Å². The van der Waals surface area contributed by atoms with E-state index in [1.54, 1.807) is 12.1 Å². The number of nitrogens with one attached hydrogen (secondary N) is 2. The summed E-state index contributed by atoms with van der Waals surface area (Å²) in [5.74, 6) is 1.74. The van der Waals surface area contributed by atoms with Crippen molar-refractivity contribution in [2.75, 3.05) is 24.1 Å². The van der Waals surface area contributed by atoms with E-state index in [4.69, 9.17) is 11.0 Å². The highest BCUT2D eigenvalue weighted by atomic mass is 32.2. The molecule has 1 aromatic heterocycles. The zero-order valence-electron chi connectivity index (χ0n) is 14.1. The maximum atomic E-state index is 8.21. The normalized spacial score (nSPS) is 11.0. The lowest BCUT2D eigenvalue weighted by molar-refractivity contribution is -0.432. The van der Waals surface area contributed by atoms with Gasteiger partial charge in [0.25, 0.3) is 0 Å². The number of nitrogens with two attached hydrogens (primary N) is 1. The predicted octanol–water partition coefficient (Wildman–Crippen LogP) is 2.41. The van der Waals surface area contributed by atoms with Crippen molar-refractivity contribution < 1.29 is 14.6 Å². The van der Waals surface area contributed by atoms with Crippen LogP contribution in [-0.2, 0) is 15.8 Å². The molecule has 0 unspecified atom stereocenters. The first-order valence-corrected chi connectivity index (χ1v) is 8.54. The molecule has 0 radical (unpaired) electrons. The molecule has 0 bridgehead atoms. The molecule has 0 aliphatic rings. The van der Waals surface area contributed by atoms with Gasteiger partial charge < -0.3 is 16.4 Å². The third kappa shape index (κ3) is 7.20. The van der Waals surface area contributed by atoms with Gasteiger partial charge in [0.15, 0.2) is 0 Å². The third-order valence-corrected chi connectivity index (χ3v) is 3.60. The Morgan fingerprint density at radius 2 is 2.12 bits per heavy atom. The molecule has 0 aliphatic heterocycles. The van der Waals surface area contributed by atoms with Gasteiger partial charge in [0, 0.05) is 23.5 Å². The van der Waals surface area contributed by atoms with Gasteiger partial charge in [0.05, 0.1) is 12.0 Å². The topological polar surface area (TPSA) is 127 Å². The monoisotopic (exact) mass is 366 g/mol. The first-order valence-electron chi connectivity index (χ1n) is 7.80. The minimum Gasteiger partial charge on any atom is -0.368 e. The molecule has 0 saturated carbocycles.